The van der Waals surface area contributed by atoms with Crippen molar-refractivity contribution in [2.24, 2.45) is 11.8 Å². The third kappa shape index (κ3) is 3.80. The number of hydrogen-bond donors (Lipinski definition) is 2. The number of carbonyl (C=O) groups is 2. The lowest BCUT2D eigenvalue weighted by Gasteiger charge is -2.15. The topological polar surface area (TPSA) is 91.0 Å². The third-order valence-corrected chi connectivity index (χ3v) is 4.05. The van der Waals surface area contributed by atoms with E-state index < -0.39 is 0 Å². The average molecular weight is 293 g/mol. The minimum absolute atomic E-state index is 0.138. The van der Waals surface area contributed by atoms with Gasteiger partial charge in [0.2, 0.25) is 5.91 Å². The van der Waals surface area contributed by atoms with E-state index in [0.29, 0.717) is 12.3 Å². The van der Waals surface area contributed by atoms with Gasteiger partial charge in [-0.05, 0) is 24.7 Å². The summed E-state index contributed by atoms with van der Waals surface area (Å²) in [7, 11) is 0. The number of nitrogens with zero attached hydrogens (tertiary/aromatic N) is 3. The fraction of sp³-hybridized carbons (Fsp3) is 0.714. The number of carbonyl (C=O) groups excluding carboxylic acids is 2. The molecule has 1 aromatic rings. The first-order valence-electron chi connectivity index (χ1n) is 7.49. The molecule has 1 aliphatic heterocycles. The molecule has 0 saturated carbocycles. The minimum Gasteiger partial charge on any atom is -0.337 e. The number of nitrogens with one attached hydrogen (secondary N) is 2. The number of likely N-dealkylation sites (tertiary alicyclic amines) is 1. The summed E-state index contributed by atoms with van der Waals surface area (Å²) in [6.45, 7) is 7.67. The Morgan fingerprint density at radius 3 is 2.52 bits per heavy atom. The van der Waals surface area contributed by atoms with Gasteiger partial charge in [-0.25, -0.2) is 0 Å². The van der Waals surface area contributed by atoms with Crippen molar-refractivity contribution in [3.8, 4) is 0 Å². The van der Waals surface area contributed by atoms with Gasteiger partial charge in [-0.2, -0.15) is 5.21 Å². The lowest BCUT2D eigenvalue weighted by atomic mass is 9.94. The predicted molar refractivity (Wildman–Crippen MR) is 78.8 cm³/mol. The second-order valence-corrected chi connectivity index (χ2v) is 5.99. The van der Waals surface area contributed by atoms with Crippen LogP contribution in [0.2, 0.25) is 0 Å². The van der Waals surface area contributed by atoms with E-state index in [1.807, 2.05) is 6.92 Å². The van der Waals surface area contributed by atoms with Crippen molar-refractivity contribution in [3.63, 3.8) is 0 Å². The van der Waals surface area contributed by atoms with Crippen LogP contribution >= 0.6 is 0 Å². The number of amides is 2. The Balaban J connectivity index is 2.00. The number of rotatable bonds is 5. The second-order valence-electron chi connectivity index (χ2n) is 5.99. The van der Waals surface area contributed by atoms with Gasteiger partial charge in [-0.1, -0.05) is 20.8 Å². The Hall–Kier alpha value is -1.92. The third-order valence-electron chi connectivity index (χ3n) is 4.05. The van der Waals surface area contributed by atoms with Crippen LogP contribution in [0.25, 0.3) is 0 Å². The molecule has 1 atom stereocenters. The zero-order valence-electron chi connectivity index (χ0n) is 12.8. The van der Waals surface area contributed by atoms with Crippen LogP contribution in [-0.4, -0.2) is 45.2 Å². The van der Waals surface area contributed by atoms with Crippen molar-refractivity contribution in [3.05, 3.63) is 5.69 Å². The fourth-order valence-electron chi connectivity index (χ4n) is 2.25. The Labute approximate surface area is 124 Å². The highest BCUT2D eigenvalue weighted by Crippen LogP contribution is 2.18. The molecule has 1 aromatic heterocycles. The van der Waals surface area contributed by atoms with Crippen LogP contribution < -0.4 is 5.32 Å². The van der Waals surface area contributed by atoms with Crippen LogP contribution in [0.3, 0.4) is 0 Å². The molecule has 1 fully saturated rings. The van der Waals surface area contributed by atoms with Crippen molar-refractivity contribution < 1.29 is 9.59 Å². The summed E-state index contributed by atoms with van der Waals surface area (Å²) in [5, 5.41) is 12.9. The Morgan fingerprint density at radius 2 is 1.90 bits per heavy atom. The van der Waals surface area contributed by atoms with E-state index in [-0.39, 0.29) is 29.2 Å². The molecule has 0 bridgehead atoms. The van der Waals surface area contributed by atoms with Gasteiger partial charge in [0.1, 0.15) is 0 Å². The average Bonchev–Trinajstić information content (AvgIpc) is 3.08. The molecule has 1 aliphatic rings. The van der Waals surface area contributed by atoms with Gasteiger partial charge in [0.25, 0.3) is 5.91 Å². The fourth-order valence-corrected chi connectivity index (χ4v) is 2.25. The Morgan fingerprint density at radius 1 is 1.24 bits per heavy atom. The second kappa shape index (κ2) is 6.69. The molecule has 7 heteroatoms. The van der Waals surface area contributed by atoms with E-state index in [1.54, 1.807) is 4.90 Å². The molecule has 2 N–H and O–H groups in total. The molecule has 0 radical (unpaired) electrons. The predicted octanol–water partition coefficient (Wildman–Crippen LogP) is 1.66. The van der Waals surface area contributed by atoms with Crippen LogP contribution in [0.5, 0.6) is 0 Å². The summed E-state index contributed by atoms with van der Waals surface area (Å²) in [5.74, 6) is 0.621. The Bertz CT molecular complexity index is 505. The number of aromatic amines is 1. The molecule has 1 unspecified atom stereocenters. The summed E-state index contributed by atoms with van der Waals surface area (Å²) in [4.78, 5) is 26.0. The van der Waals surface area contributed by atoms with Crippen LogP contribution in [0.1, 0.15) is 50.5 Å². The molecule has 2 rings (SSSR count). The van der Waals surface area contributed by atoms with E-state index in [0.717, 1.165) is 25.9 Å². The zero-order chi connectivity index (χ0) is 15.4. The molecule has 7 nitrogen and oxygen atoms in total. The van der Waals surface area contributed by atoms with E-state index in [4.69, 9.17) is 0 Å². The molecule has 116 valence electrons. The number of hydrogen-bond acceptors (Lipinski definition) is 4. The summed E-state index contributed by atoms with van der Waals surface area (Å²) in [6, 6.07) is 0. The largest absolute Gasteiger partial charge is 0.337 e. The molecule has 21 heavy (non-hydrogen) atoms. The van der Waals surface area contributed by atoms with Crippen molar-refractivity contribution in [1.29, 1.82) is 0 Å². The van der Waals surface area contributed by atoms with Crippen molar-refractivity contribution in [2.75, 3.05) is 18.4 Å². The van der Waals surface area contributed by atoms with Gasteiger partial charge in [0, 0.05) is 19.5 Å². The first-order valence-corrected chi connectivity index (χ1v) is 7.49. The maximum atomic E-state index is 12.3. The Kier molecular flexibility index (Phi) is 4.93. The van der Waals surface area contributed by atoms with Crippen LogP contribution in [0.15, 0.2) is 0 Å². The number of aromatic nitrogens is 3. The van der Waals surface area contributed by atoms with Crippen LogP contribution in [0, 0.1) is 11.8 Å². The highest BCUT2D eigenvalue weighted by atomic mass is 16.2. The molecule has 0 aromatic carbocycles. The first kappa shape index (κ1) is 15.5. The highest BCUT2D eigenvalue weighted by molar-refractivity contribution is 6.01. The highest BCUT2D eigenvalue weighted by Gasteiger charge is 2.26. The van der Waals surface area contributed by atoms with E-state index in [1.165, 1.54) is 0 Å². The molecule has 2 amide bonds. The summed E-state index contributed by atoms with van der Waals surface area (Å²) in [6.07, 6.45) is 2.43. The van der Waals surface area contributed by atoms with Crippen molar-refractivity contribution in [2.45, 2.75) is 40.0 Å². The van der Waals surface area contributed by atoms with Crippen molar-refractivity contribution in [1.82, 2.24) is 20.3 Å². The van der Waals surface area contributed by atoms with Crippen LogP contribution in [-0.2, 0) is 4.79 Å². The summed E-state index contributed by atoms with van der Waals surface area (Å²) < 4.78 is 0. The number of anilines is 1. The van der Waals surface area contributed by atoms with Crippen LogP contribution in [0.4, 0.5) is 5.82 Å². The zero-order valence-corrected chi connectivity index (χ0v) is 12.8. The summed E-state index contributed by atoms with van der Waals surface area (Å²) in [5.41, 5.74) is 0.197. The lowest BCUT2D eigenvalue weighted by Crippen LogP contribution is -2.29. The maximum absolute atomic E-state index is 12.3. The maximum Gasteiger partial charge on any atom is 0.278 e. The standard InChI is InChI=1S/C14H23N5O2/c1-9(2)10(3)8-11(20)15-13-12(16-18-17-13)14(21)19-6-4-5-7-19/h9-10H,4-8H2,1-3H3,(H2,15,16,17,18,20). The van der Waals surface area contributed by atoms with Gasteiger partial charge in [0.05, 0.1) is 0 Å². The normalized spacial score (nSPS) is 16.3. The SMILES string of the molecule is CC(C)C(C)CC(=O)Nc1n[nH]nc1C(=O)N1CCCC1. The number of H-pyrrole nitrogens is 1. The molecule has 0 aliphatic carbocycles. The summed E-state index contributed by atoms with van der Waals surface area (Å²) >= 11 is 0. The van der Waals surface area contributed by atoms with E-state index in [2.05, 4.69) is 34.6 Å². The van der Waals surface area contributed by atoms with Gasteiger partial charge >= 0.3 is 0 Å². The molecule has 0 spiro atoms. The monoisotopic (exact) mass is 293 g/mol. The lowest BCUT2D eigenvalue weighted by molar-refractivity contribution is -0.117. The van der Waals surface area contributed by atoms with E-state index in [9.17, 15) is 9.59 Å². The minimum atomic E-state index is -0.173. The quantitative estimate of drug-likeness (QED) is 0.863. The smallest absolute Gasteiger partial charge is 0.278 e. The van der Waals surface area contributed by atoms with Gasteiger partial charge < -0.3 is 10.2 Å². The van der Waals surface area contributed by atoms with Crippen molar-refractivity contribution >= 4 is 17.6 Å². The molecule has 1 saturated heterocycles. The molecular formula is C14H23N5O2. The van der Waals surface area contributed by atoms with Gasteiger partial charge in [-0.15, -0.1) is 10.2 Å². The van der Waals surface area contributed by atoms with Gasteiger partial charge in [-0.3, -0.25) is 9.59 Å². The van der Waals surface area contributed by atoms with E-state index >= 15 is 0 Å². The first-order chi connectivity index (χ1) is 9.99. The molecular weight excluding hydrogens is 270 g/mol. The molecule has 2 heterocycles. The van der Waals surface area contributed by atoms with Gasteiger partial charge in [0.15, 0.2) is 11.5 Å².